The quantitative estimate of drug-likeness (QED) is 0.0207. The molecule has 0 unspecified atom stereocenters. The SMILES string of the molecule is CC(=O)N[C@H]1[C@H](O[C@H]2[C@@H](O)[C@@H](CO)O[C@@H](O[C@H]3[C@H](O)[C@@H](O)[C@H](OCCCCCCN=[N+]=[N-])O[C@@H]3CO)[C@@H]2O)O[C@H](CO[C@@H]2O[C@H](CO)[C@@H](O[C@@H]3O[C@H](CO)[C@H](O)[C@H](O)[C@H]3O)[C@H](O)[C@H]2O)[C@@H](O)[C@@H]1O. The monoisotopic (exact) mass is 994 g/mol. The number of rotatable bonds is 22. The lowest BCUT2D eigenvalue weighted by Gasteiger charge is -2.49. The van der Waals surface area contributed by atoms with Gasteiger partial charge in [0.25, 0.3) is 0 Å². The number of nitrogens with one attached hydrogen (secondary N) is 1. The van der Waals surface area contributed by atoms with Crippen LogP contribution in [0.25, 0.3) is 10.4 Å². The van der Waals surface area contributed by atoms with Crippen molar-refractivity contribution in [1.82, 2.24) is 5.32 Å². The minimum absolute atomic E-state index is 0.0806. The number of carbonyl (C=O) groups excluding carboxylic acids is 1. The average molecular weight is 995 g/mol. The van der Waals surface area contributed by atoms with Gasteiger partial charge in [-0.25, -0.2) is 0 Å². The first-order chi connectivity index (χ1) is 32.4. The van der Waals surface area contributed by atoms with E-state index in [-0.39, 0.29) is 6.61 Å². The van der Waals surface area contributed by atoms with Crippen molar-refractivity contribution in [2.75, 3.05) is 46.2 Å². The molecule has 16 N–H and O–H groups in total. The summed E-state index contributed by atoms with van der Waals surface area (Å²) in [6.45, 7) is -2.81. The Labute approximate surface area is 387 Å². The average Bonchev–Trinajstić information content (AvgIpc) is 3.32. The van der Waals surface area contributed by atoms with Crippen LogP contribution in [0.2, 0.25) is 0 Å². The van der Waals surface area contributed by atoms with Crippen molar-refractivity contribution < 1.29 is 129 Å². The van der Waals surface area contributed by atoms with Gasteiger partial charge in [-0.15, -0.1) is 0 Å². The van der Waals surface area contributed by atoms with Gasteiger partial charge in [0.1, 0.15) is 122 Å². The van der Waals surface area contributed by atoms with Crippen LogP contribution in [0.15, 0.2) is 5.11 Å². The Hall–Kier alpha value is -2.22. The van der Waals surface area contributed by atoms with Gasteiger partial charge in [0.15, 0.2) is 31.5 Å². The first-order valence-electron chi connectivity index (χ1n) is 22.1. The van der Waals surface area contributed by atoms with Gasteiger partial charge >= 0.3 is 0 Å². The van der Waals surface area contributed by atoms with Crippen LogP contribution >= 0.6 is 0 Å². The zero-order valence-corrected chi connectivity index (χ0v) is 36.8. The largest absolute Gasteiger partial charge is 0.394 e. The van der Waals surface area contributed by atoms with E-state index in [9.17, 15) is 81.4 Å². The van der Waals surface area contributed by atoms with Gasteiger partial charge in [0, 0.05) is 25.0 Å². The molecule has 0 aliphatic carbocycles. The molecule has 5 aliphatic rings. The van der Waals surface area contributed by atoms with E-state index in [4.69, 9.17) is 52.9 Å². The topological polar surface area (TPSA) is 474 Å². The Balaban J connectivity index is 1.24. The number of hydrogen-bond donors (Lipinski definition) is 16. The fourth-order valence-corrected chi connectivity index (χ4v) is 8.33. The van der Waals surface area contributed by atoms with Crippen LogP contribution in [0.4, 0.5) is 0 Å². The third kappa shape index (κ3) is 13.4. The standard InChI is InChI=1S/C38H66N4O26/c1-13(47)41-19-23(51)21(49)18(12-60-36-29(57)26(54)31(17(11-46)64-36)66-37-27(55)24(52)20(48)14(8-43)61-37)65-34(19)68-33-22(50)15(9-44)62-38(30(33)58)67-32-16(10-45)63-35(28(56)25(32)53)59-7-5-3-2-4-6-40-42-39/h14-38,43-46,48-58H,2-12H2,1H3,(H,41,47)/t14-,15-,16-,17-,18-,19-,20+,21-,22+,23-,24+,25-,26-,27-,28-,29-,30-,31-,32-,33+,34+,35-,36-,37+,38+/m1/s1. The maximum Gasteiger partial charge on any atom is 0.217 e. The lowest BCUT2D eigenvalue weighted by Crippen LogP contribution is -2.69. The van der Waals surface area contributed by atoms with E-state index in [1.807, 2.05) is 0 Å². The molecule has 0 radical (unpaired) electrons. The van der Waals surface area contributed by atoms with E-state index in [0.29, 0.717) is 25.8 Å². The number of aliphatic hydroxyl groups excluding tert-OH is 15. The maximum atomic E-state index is 12.3. The molecule has 394 valence electrons. The third-order valence-corrected chi connectivity index (χ3v) is 12.2. The zero-order valence-electron chi connectivity index (χ0n) is 36.8. The fraction of sp³-hybridized carbons (Fsp3) is 0.974. The zero-order chi connectivity index (χ0) is 50.0. The number of unbranched alkanes of at least 4 members (excludes halogenated alkanes) is 3. The summed E-state index contributed by atoms with van der Waals surface area (Å²) >= 11 is 0. The van der Waals surface area contributed by atoms with E-state index in [2.05, 4.69) is 15.3 Å². The molecule has 0 saturated carbocycles. The first kappa shape index (κ1) is 56.7. The summed E-state index contributed by atoms with van der Waals surface area (Å²) in [6, 6.07) is -1.65. The minimum Gasteiger partial charge on any atom is -0.394 e. The normalized spacial score (nSPS) is 45.6. The Morgan fingerprint density at radius 2 is 0.956 bits per heavy atom. The summed E-state index contributed by atoms with van der Waals surface area (Å²) in [5.74, 6) is -0.775. The lowest BCUT2D eigenvalue weighted by atomic mass is 9.95. The molecule has 5 heterocycles. The number of ether oxygens (including phenoxy) is 10. The van der Waals surface area contributed by atoms with Crippen LogP contribution < -0.4 is 5.32 Å². The summed E-state index contributed by atoms with van der Waals surface area (Å²) in [6.07, 6.45) is -40.2. The smallest absolute Gasteiger partial charge is 0.217 e. The summed E-state index contributed by atoms with van der Waals surface area (Å²) in [4.78, 5) is 15.0. The molecule has 5 saturated heterocycles. The van der Waals surface area contributed by atoms with Crippen molar-refractivity contribution in [3.63, 3.8) is 0 Å². The Morgan fingerprint density at radius 3 is 1.50 bits per heavy atom. The predicted octanol–water partition coefficient (Wildman–Crippen LogP) is -8.89. The molecule has 0 aromatic rings. The van der Waals surface area contributed by atoms with Gasteiger partial charge in [-0.05, 0) is 18.4 Å². The second-order valence-electron chi connectivity index (χ2n) is 16.9. The van der Waals surface area contributed by atoms with E-state index in [1.54, 1.807) is 0 Å². The summed E-state index contributed by atoms with van der Waals surface area (Å²) < 4.78 is 56.6. The molecular weight excluding hydrogens is 928 g/mol. The molecule has 5 fully saturated rings. The van der Waals surface area contributed by atoms with Crippen LogP contribution in [0.5, 0.6) is 0 Å². The van der Waals surface area contributed by atoms with Crippen LogP contribution in [0.1, 0.15) is 32.6 Å². The number of carbonyl (C=O) groups is 1. The predicted molar refractivity (Wildman–Crippen MR) is 214 cm³/mol. The fourth-order valence-electron chi connectivity index (χ4n) is 8.33. The number of aliphatic hydroxyl groups is 15. The van der Waals surface area contributed by atoms with Gasteiger partial charge in [-0.2, -0.15) is 0 Å². The minimum atomic E-state index is -2.08. The number of azide groups is 1. The van der Waals surface area contributed by atoms with Crippen molar-refractivity contribution >= 4 is 5.91 Å². The highest BCUT2D eigenvalue weighted by atomic mass is 16.8. The van der Waals surface area contributed by atoms with Gasteiger partial charge < -0.3 is 129 Å². The molecule has 30 nitrogen and oxygen atoms in total. The first-order valence-corrected chi connectivity index (χ1v) is 22.1. The summed E-state index contributed by atoms with van der Waals surface area (Å²) in [5, 5.41) is 166. The third-order valence-electron chi connectivity index (χ3n) is 12.2. The summed E-state index contributed by atoms with van der Waals surface area (Å²) in [7, 11) is 0. The molecule has 25 atom stereocenters. The van der Waals surface area contributed by atoms with E-state index < -0.39 is 192 Å². The van der Waals surface area contributed by atoms with Crippen molar-refractivity contribution in [2.45, 2.75) is 186 Å². The highest BCUT2D eigenvalue weighted by Crippen LogP contribution is 2.34. The molecule has 0 bridgehead atoms. The second-order valence-corrected chi connectivity index (χ2v) is 16.9. The molecule has 1 amide bonds. The molecule has 0 aromatic carbocycles. The Bertz CT molecular complexity index is 1570. The second kappa shape index (κ2) is 26.5. The highest BCUT2D eigenvalue weighted by Gasteiger charge is 2.55. The molecule has 5 aliphatic heterocycles. The van der Waals surface area contributed by atoms with Gasteiger partial charge in [-0.3, -0.25) is 4.79 Å². The lowest BCUT2D eigenvalue weighted by molar-refractivity contribution is -0.378. The van der Waals surface area contributed by atoms with Gasteiger partial charge in [0.05, 0.1) is 33.0 Å². The van der Waals surface area contributed by atoms with Crippen molar-refractivity contribution in [1.29, 1.82) is 0 Å². The van der Waals surface area contributed by atoms with Crippen LogP contribution in [-0.2, 0) is 52.2 Å². The number of hydrogen-bond acceptors (Lipinski definition) is 27. The van der Waals surface area contributed by atoms with Crippen molar-refractivity contribution in [2.24, 2.45) is 5.11 Å². The van der Waals surface area contributed by atoms with Gasteiger partial charge in [0.2, 0.25) is 5.91 Å². The molecule has 68 heavy (non-hydrogen) atoms. The Morgan fingerprint density at radius 1 is 0.500 bits per heavy atom. The molecule has 30 heteroatoms. The number of nitrogens with zero attached hydrogens (tertiary/aromatic N) is 3. The van der Waals surface area contributed by atoms with Crippen LogP contribution in [-0.4, -0.2) is 282 Å². The van der Waals surface area contributed by atoms with E-state index in [0.717, 1.165) is 13.3 Å². The van der Waals surface area contributed by atoms with Crippen molar-refractivity contribution in [3.05, 3.63) is 10.4 Å². The maximum absolute atomic E-state index is 12.3. The van der Waals surface area contributed by atoms with Gasteiger partial charge in [-0.1, -0.05) is 18.0 Å². The molecule has 0 spiro atoms. The molecule has 5 rings (SSSR count). The number of amides is 1. The Kier molecular flexibility index (Phi) is 22.1. The molecular formula is C38H66N4O26. The van der Waals surface area contributed by atoms with E-state index in [1.165, 1.54) is 0 Å². The molecule has 0 aromatic heterocycles. The summed E-state index contributed by atoms with van der Waals surface area (Å²) in [5.41, 5.74) is 8.38. The van der Waals surface area contributed by atoms with Crippen molar-refractivity contribution in [3.8, 4) is 0 Å². The van der Waals surface area contributed by atoms with Crippen LogP contribution in [0, 0.1) is 0 Å². The van der Waals surface area contributed by atoms with Crippen LogP contribution in [0.3, 0.4) is 0 Å². The highest BCUT2D eigenvalue weighted by molar-refractivity contribution is 5.73. The van der Waals surface area contributed by atoms with E-state index >= 15 is 0 Å².